The summed E-state index contributed by atoms with van der Waals surface area (Å²) in [6.45, 7) is 6.24. The maximum Gasteiger partial charge on any atom is 0.237 e. The first-order chi connectivity index (χ1) is 10.6. The summed E-state index contributed by atoms with van der Waals surface area (Å²) in [6.07, 6.45) is 2.29. The van der Waals surface area contributed by atoms with E-state index in [2.05, 4.69) is 31.3 Å². The van der Waals surface area contributed by atoms with Crippen molar-refractivity contribution in [3.05, 3.63) is 35.4 Å². The first-order valence-corrected chi connectivity index (χ1v) is 9.97. The van der Waals surface area contributed by atoms with Crippen LogP contribution in [0.15, 0.2) is 24.3 Å². The van der Waals surface area contributed by atoms with Gasteiger partial charge in [0, 0.05) is 6.26 Å². The summed E-state index contributed by atoms with van der Waals surface area (Å²) >= 11 is 0. The van der Waals surface area contributed by atoms with Crippen molar-refractivity contribution in [2.24, 2.45) is 11.7 Å². The molecule has 0 heterocycles. The van der Waals surface area contributed by atoms with Crippen LogP contribution in [0, 0.1) is 5.92 Å². The molecular weight excluding hydrogens is 348 g/mol. The molecule has 0 aliphatic rings. The molecule has 138 valence electrons. The number of amides is 1. The summed E-state index contributed by atoms with van der Waals surface area (Å²) < 4.78 is 22.2. The van der Waals surface area contributed by atoms with Crippen LogP contribution in [0.3, 0.4) is 0 Å². The Hall–Kier alpha value is -1.11. The molecule has 0 aliphatic carbocycles. The zero-order valence-electron chi connectivity index (χ0n) is 14.8. The van der Waals surface area contributed by atoms with Crippen LogP contribution in [-0.4, -0.2) is 32.4 Å². The molecule has 0 saturated carbocycles. The summed E-state index contributed by atoms with van der Waals surface area (Å²) in [6, 6.07) is 7.17. The van der Waals surface area contributed by atoms with E-state index in [0.717, 1.165) is 18.2 Å². The maximum atomic E-state index is 12.0. The smallest absolute Gasteiger partial charge is 0.237 e. The molecule has 5 nitrogen and oxygen atoms in total. The molecule has 0 spiro atoms. The number of nitrogens with two attached hydrogens (primary N) is 1. The third kappa shape index (κ3) is 8.66. The van der Waals surface area contributed by atoms with E-state index in [4.69, 9.17) is 5.73 Å². The number of sulfone groups is 1. The lowest BCUT2D eigenvalue weighted by Gasteiger charge is -2.18. The Morgan fingerprint density at radius 3 is 2.17 bits per heavy atom. The van der Waals surface area contributed by atoms with Gasteiger partial charge in [-0.2, -0.15) is 0 Å². The number of hydrogen-bond donors (Lipinski definition) is 2. The largest absolute Gasteiger partial charge is 0.348 e. The number of carbonyl (C=O) groups excluding carboxylic acids is 1. The molecule has 2 atom stereocenters. The molecule has 24 heavy (non-hydrogen) atoms. The van der Waals surface area contributed by atoms with Crippen molar-refractivity contribution in [2.45, 2.75) is 45.7 Å². The van der Waals surface area contributed by atoms with Crippen LogP contribution in [0.4, 0.5) is 0 Å². The maximum absolute atomic E-state index is 12.0. The van der Waals surface area contributed by atoms with E-state index < -0.39 is 15.9 Å². The van der Waals surface area contributed by atoms with Gasteiger partial charge in [0.05, 0.1) is 17.8 Å². The topological polar surface area (TPSA) is 89.3 Å². The highest BCUT2D eigenvalue weighted by Crippen LogP contribution is 2.15. The van der Waals surface area contributed by atoms with Crippen molar-refractivity contribution in [3.63, 3.8) is 0 Å². The summed E-state index contributed by atoms with van der Waals surface area (Å²) in [5, 5.41) is 2.83. The quantitative estimate of drug-likeness (QED) is 0.728. The SMILES string of the molecule is CC(C)Cc1ccc(C(C)NC(=O)C(N)CCS(C)(=O)=O)cc1.Cl. The minimum absolute atomic E-state index is 0. The molecule has 1 aromatic carbocycles. The second-order valence-electron chi connectivity index (χ2n) is 6.59. The minimum atomic E-state index is -3.11. The lowest BCUT2D eigenvalue weighted by Crippen LogP contribution is -2.42. The van der Waals surface area contributed by atoms with Crippen LogP contribution < -0.4 is 11.1 Å². The number of benzene rings is 1. The minimum Gasteiger partial charge on any atom is -0.348 e. The van der Waals surface area contributed by atoms with E-state index in [1.54, 1.807) is 0 Å². The van der Waals surface area contributed by atoms with Crippen molar-refractivity contribution in [1.82, 2.24) is 5.32 Å². The zero-order valence-corrected chi connectivity index (χ0v) is 16.4. The van der Waals surface area contributed by atoms with Gasteiger partial charge in [0.2, 0.25) is 5.91 Å². The fourth-order valence-corrected chi connectivity index (χ4v) is 2.97. The monoisotopic (exact) mass is 376 g/mol. The Morgan fingerprint density at radius 1 is 1.17 bits per heavy atom. The van der Waals surface area contributed by atoms with Crippen LogP contribution in [0.2, 0.25) is 0 Å². The van der Waals surface area contributed by atoms with Gasteiger partial charge in [0.15, 0.2) is 0 Å². The van der Waals surface area contributed by atoms with E-state index in [9.17, 15) is 13.2 Å². The van der Waals surface area contributed by atoms with Gasteiger partial charge in [-0.1, -0.05) is 38.1 Å². The first-order valence-electron chi connectivity index (χ1n) is 7.91. The fraction of sp³-hybridized carbons (Fsp3) is 0.588. The average Bonchev–Trinajstić information content (AvgIpc) is 2.43. The summed E-state index contributed by atoms with van der Waals surface area (Å²) in [4.78, 5) is 12.0. The lowest BCUT2D eigenvalue weighted by atomic mass is 10.00. The highest BCUT2D eigenvalue weighted by molar-refractivity contribution is 7.90. The highest BCUT2D eigenvalue weighted by Gasteiger charge is 2.18. The zero-order chi connectivity index (χ0) is 17.6. The summed E-state index contributed by atoms with van der Waals surface area (Å²) in [7, 11) is -3.11. The predicted molar refractivity (Wildman–Crippen MR) is 101 cm³/mol. The number of rotatable bonds is 8. The number of carbonyl (C=O) groups is 1. The van der Waals surface area contributed by atoms with Crippen LogP contribution in [0.25, 0.3) is 0 Å². The van der Waals surface area contributed by atoms with Gasteiger partial charge >= 0.3 is 0 Å². The number of nitrogens with one attached hydrogen (secondary N) is 1. The van der Waals surface area contributed by atoms with Crippen LogP contribution in [-0.2, 0) is 21.1 Å². The van der Waals surface area contributed by atoms with Gasteiger partial charge in [0.25, 0.3) is 0 Å². The molecule has 7 heteroatoms. The van der Waals surface area contributed by atoms with Crippen molar-refractivity contribution in [3.8, 4) is 0 Å². The van der Waals surface area contributed by atoms with Gasteiger partial charge in [-0.25, -0.2) is 8.42 Å². The summed E-state index contributed by atoms with van der Waals surface area (Å²) in [5.41, 5.74) is 8.02. The number of halogens is 1. The van der Waals surface area contributed by atoms with Crippen LogP contribution >= 0.6 is 12.4 Å². The average molecular weight is 377 g/mol. The molecule has 0 aliphatic heterocycles. The van der Waals surface area contributed by atoms with E-state index in [0.29, 0.717) is 5.92 Å². The van der Waals surface area contributed by atoms with Gasteiger partial charge in [-0.3, -0.25) is 4.79 Å². The Kier molecular flexibility index (Phi) is 9.55. The second-order valence-corrected chi connectivity index (χ2v) is 8.85. The first kappa shape index (κ1) is 22.9. The molecule has 2 unspecified atom stereocenters. The third-order valence-corrected chi connectivity index (χ3v) is 4.60. The Balaban J connectivity index is 0.00000529. The normalized spacial score (nSPS) is 13.9. The van der Waals surface area contributed by atoms with Gasteiger partial charge in [-0.05, 0) is 36.8 Å². The highest BCUT2D eigenvalue weighted by atomic mass is 35.5. The van der Waals surface area contributed by atoms with E-state index in [1.165, 1.54) is 5.56 Å². The molecule has 1 rings (SSSR count). The Labute approximate surface area is 151 Å². The molecule has 0 aromatic heterocycles. The van der Waals surface area contributed by atoms with Crippen molar-refractivity contribution in [2.75, 3.05) is 12.0 Å². The molecule has 1 aromatic rings. The standard InChI is InChI=1S/C17H28N2O3S.ClH/c1-12(2)11-14-5-7-15(8-6-14)13(3)19-17(20)16(18)9-10-23(4,21)22;/h5-8,12-13,16H,9-11,18H2,1-4H3,(H,19,20);1H. The molecule has 0 bridgehead atoms. The predicted octanol–water partition coefficient (Wildman–Crippen LogP) is 2.25. The fourth-order valence-electron chi connectivity index (χ4n) is 2.29. The molecule has 0 saturated heterocycles. The summed E-state index contributed by atoms with van der Waals surface area (Å²) in [5.74, 6) is 0.193. The second kappa shape index (κ2) is 10.0. The van der Waals surface area contributed by atoms with Crippen molar-refractivity contribution < 1.29 is 13.2 Å². The Morgan fingerprint density at radius 2 is 1.71 bits per heavy atom. The van der Waals surface area contributed by atoms with Gasteiger partial charge in [0.1, 0.15) is 9.84 Å². The molecule has 0 fully saturated rings. The van der Waals surface area contributed by atoms with E-state index in [-0.39, 0.29) is 36.5 Å². The molecular formula is C17H29ClN2O3S. The van der Waals surface area contributed by atoms with Gasteiger partial charge in [-0.15, -0.1) is 12.4 Å². The van der Waals surface area contributed by atoms with Gasteiger partial charge < -0.3 is 11.1 Å². The Bertz CT molecular complexity index is 615. The van der Waals surface area contributed by atoms with Crippen molar-refractivity contribution >= 4 is 28.2 Å². The van der Waals surface area contributed by atoms with Crippen LogP contribution in [0.5, 0.6) is 0 Å². The lowest BCUT2D eigenvalue weighted by molar-refractivity contribution is -0.123. The van der Waals surface area contributed by atoms with Crippen molar-refractivity contribution in [1.29, 1.82) is 0 Å². The molecule has 1 amide bonds. The van der Waals surface area contributed by atoms with Crippen LogP contribution in [0.1, 0.15) is 44.4 Å². The van der Waals surface area contributed by atoms with E-state index in [1.807, 2.05) is 19.1 Å². The molecule has 3 N–H and O–H groups in total. The third-order valence-electron chi connectivity index (χ3n) is 3.62. The molecule has 0 radical (unpaired) electrons. The number of hydrogen-bond acceptors (Lipinski definition) is 4. The van der Waals surface area contributed by atoms with E-state index >= 15 is 0 Å².